The fraction of sp³-hybridized carbons (Fsp3) is 0. The van der Waals surface area contributed by atoms with Crippen LogP contribution in [0.4, 0.5) is 0 Å². The molecular weight excluding hydrogens is 494 g/mol. The van der Waals surface area contributed by atoms with Gasteiger partial charge in [0.15, 0.2) is 29.4 Å². The maximum absolute atomic E-state index is 5.66. The van der Waals surface area contributed by atoms with Gasteiger partial charge in [0.05, 0.1) is 11.0 Å². The van der Waals surface area contributed by atoms with Crippen molar-refractivity contribution < 1.29 is 4.42 Å². The van der Waals surface area contributed by atoms with Gasteiger partial charge in [0.2, 0.25) is 0 Å². The molecule has 3 heterocycles. The summed E-state index contributed by atoms with van der Waals surface area (Å²) < 4.78 is 7.92. The lowest BCUT2D eigenvalue weighted by Crippen LogP contribution is -2.01. The summed E-state index contributed by atoms with van der Waals surface area (Å²) in [6, 6.07) is 41.0. The van der Waals surface area contributed by atoms with Gasteiger partial charge in [-0.1, -0.05) is 91.0 Å². The van der Waals surface area contributed by atoms with Crippen molar-refractivity contribution in [3.8, 4) is 39.9 Å². The minimum Gasteiger partial charge on any atom is -0.443 e. The molecule has 0 aliphatic rings. The number of hydrogen-bond acceptors (Lipinski definition) is 5. The van der Waals surface area contributed by atoms with Crippen molar-refractivity contribution in [3.05, 3.63) is 128 Å². The number of benzene rings is 5. The molecule has 0 atom stereocenters. The van der Waals surface area contributed by atoms with E-state index >= 15 is 0 Å². The Kier molecular flexibility index (Phi) is 5.03. The van der Waals surface area contributed by atoms with Gasteiger partial charge in [0.1, 0.15) is 5.52 Å². The zero-order chi connectivity index (χ0) is 26.5. The van der Waals surface area contributed by atoms with Crippen LogP contribution in [0.5, 0.6) is 0 Å². The Morgan fingerprint density at radius 2 is 1.12 bits per heavy atom. The molecular formula is C34H21N5O. The topological polar surface area (TPSA) is 69.6 Å². The van der Waals surface area contributed by atoms with Crippen LogP contribution < -0.4 is 0 Å². The summed E-state index contributed by atoms with van der Waals surface area (Å²) in [5.74, 6) is 1.90. The molecule has 0 bridgehead atoms. The summed E-state index contributed by atoms with van der Waals surface area (Å²) in [5.41, 5.74) is 7.55. The van der Waals surface area contributed by atoms with Gasteiger partial charge in [0.25, 0.3) is 0 Å². The summed E-state index contributed by atoms with van der Waals surface area (Å²) in [6.45, 7) is 0. The van der Waals surface area contributed by atoms with E-state index in [1.807, 2.05) is 72.8 Å². The second kappa shape index (κ2) is 8.99. The lowest BCUT2D eigenvalue weighted by molar-refractivity contribution is 0.602. The molecule has 8 aromatic rings. The molecule has 0 saturated heterocycles. The van der Waals surface area contributed by atoms with Crippen molar-refractivity contribution in [2.24, 2.45) is 0 Å². The summed E-state index contributed by atoms with van der Waals surface area (Å²) in [7, 11) is 0. The van der Waals surface area contributed by atoms with Crippen LogP contribution in [0.15, 0.2) is 132 Å². The third kappa shape index (κ3) is 3.66. The Labute approximate surface area is 229 Å². The molecule has 3 aromatic heterocycles. The second-order valence-corrected chi connectivity index (χ2v) is 9.63. The molecule has 0 spiro atoms. The largest absolute Gasteiger partial charge is 0.443 e. The third-order valence-electron chi connectivity index (χ3n) is 7.19. The molecule has 0 saturated carbocycles. The van der Waals surface area contributed by atoms with Crippen molar-refractivity contribution in [3.63, 3.8) is 0 Å². The Morgan fingerprint density at radius 1 is 0.500 bits per heavy atom. The molecule has 0 radical (unpaired) electrons. The van der Waals surface area contributed by atoms with Crippen molar-refractivity contribution in [2.45, 2.75) is 0 Å². The molecule has 0 unspecified atom stereocenters. The van der Waals surface area contributed by atoms with Crippen LogP contribution in [0, 0.1) is 0 Å². The molecule has 0 aliphatic carbocycles. The Balaban J connectivity index is 1.35. The zero-order valence-corrected chi connectivity index (χ0v) is 21.3. The smallest absolute Gasteiger partial charge is 0.181 e. The molecule has 40 heavy (non-hydrogen) atoms. The van der Waals surface area contributed by atoms with E-state index in [0.29, 0.717) is 17.5 Å². The van der Waals surface area contributed by atoms with E-state index in [0.717, 1.165) is 55.3 Å². The Hall–Kier alpha value is -5.62. The SMILES string of the molecule is c1ccc(-c2nc(-c3ccccc3)nc(-c3cccc(-n4c5ccccc5c5cc6ncoc6cc54)c3)n2)cc1. The van der Waals surface area contributed by atoms with Crippen LogP contribution in [0.1, 0.15) is 0 Å². The minimum atomic E-state index is 0.618. The maximum Gasteiger partial charge on any atom is 0.181 e. The highest BCUT2D eigenvalue weighted by molar-refractivity contribution is 6.12. The third-order valence-corrected chi connectivity index (χ3v) is 7.19. The average molecular weight is 516 g/mol. The van der Waals surface area contributed by atoms with E-state index in [2.05, 4.69) is 58.1 Å². The van der Waals surface area contributed by atoms with Crippen molar-refractivity contribution in [1.29, 1.82) is 0 Å². The first-order valence-electron chi connectivity index (χ1n) is 13.1. The monoisotopic (exact) mass is 515 g/mol. The molecule has 6 nitrogen and oxygen atoms in total. The van der Waals surface area contributed by atoms with Crippen LogP contribution in [-0.4, -0.2) is 24.5 Å². The standard InChI is InChI=1S/C34H21N5O/c1-3-10-22(11-4-1)32-36-33(23-12-5-2-6-13-23)38-34(37-32)24-14-9-15-25(18-24)39-29-17-8-7-16-26(29)27-19-28-31(20-30(27)39)40-21-35-28/h1-21H. The lowest BCUT2D eigenvalue weighted by atomic mass is 10.1. The highest BCUT2D eigenvalue weighted by atomic mass is 16.3. The van der Waals surface area contributed by atoms with Gasteiger partial charge in [-0.15, -0.1) is 0 Å². The Bertz CT molecular complexity index is 2110. The van der Waals surface area contributed by atoms with Crippen LogP contribution in [0.2, 0.25) is 0 Å². The number of nitrogens with zero attached hydrogens (tertiary/aromatic N) is 5. The van der Waals surface area contributed by atoms with Crippen molar-refractivity contribution in [2.75, 3.05) is 0 Å². The first-order chi connectivity index (χ1) is 19.8. The van der Waals surface area contributed by atoms with Gasteiger partial charge in [-0.2, -0.15) is 0 Å². The predicted octanol–water partition coefficient (Wildman–Crippen LogP) is 8.11. The molecule has 6 heteroatoms. The Morgan fingerprint density at radius 3 is 1.85 bits per heavy atom. The first-order valence-corrected chi connectivity index (χ1v) is 13.1. The van der Waals surface area contributed by atoms with E-state index in [1.165, 1.54) is 6.39 Å². The second-order valence-electron chi connectivity index (χ2n) is 9.63. The van der Waals surface area contributed by atoms with E-state index in [4.69, 9.17) is 19.4 Å². The molecule has 0 aliphatic heterocycles. The van der Waals surface area contributed by atoms with Gasteiger partial charge >= 0.3 is 0 Å². The number of oxazole rings is 1. The molecule has 8 rings (SSSR count). The van der Waals surface area contributed by atoms with Crippen LogP contribution >= 0.6 is 0 Å². The number of fused-ring (bicyclic) bond motifs is 4. The van der Waals surface area contributed by atoms with E-state index in [1.54, 1.807) is 0 Å². The number of aromatic nitrogens is 5. The molecule has 0 amide bonds. The molecule has 5 aromatic carbocycles. The molecule has 0 N–H and O–H groups in total. The fourth-order valence-corrected chi connectivity index (χ4v) is 5.32. The molecule has 0 fully saturated rings. The van der Waals surface area contributed by atoms with E-state index in [-0.39, 0.29) is 0 Å². The van der Waals surface area contributed by atoms with Crippen LogP contribution in [0.25, 0.3) is 72.8 Å². The lowest BCUT2D eigenvalue weighted by Gasteiger charge is -2.11. The normalized spacial score (nSPS) is 11.5. The first kappa shape index (κ1) is 22.4. The minimum absolute atomic E-state index is 0.618. The van der Waals surface area contributed by atoms with Gasteiger partial charge in [0, 0.05) is 39.2 Å². The number of hydrogen-bond donors (Lipinski definition) is 0. The van der Waals surface area contributed by atoms with Gasteiger partial charge in [-0.05, 0) is 24.3 Å². The fourth-order valence-electron chi connectivity index (χ4n) is 5.32. The van der Waals surface area contributed by atoms with E-state index in [9.17, 15) is 0 Å². The summed E-state index contributed by atoms with van der Waals surface area (Å²) in [4.78, 5) is 19.1. The van der Waals surface area contributed by atoms with Gasteiger partial charge in [-0.25, -0.2) is 19.9 Å². The number of para-hydroxylation sites is 1. The zero-order valence-electron chi connectivity index (χ0n) is 21.3. The van der Waals surface area contributed by atoms with E-state index < -0.39 is 0 Å². The summed E-state index contributed by atoms with van der Waals surface area (Å²) >= 11 is 0. The van der Waals surface area contributed by atoms with Gasteiger partial charge < -0.3 is 8.98 Å². The van der Waals surface area contributed by atoms with Gasteiger partial charge in [-0.3, -0.25) is 0 Å². The summed E-state index contributed by atoms with van der Waals surface area (Å²) in [6.07, 6.45) is 1.49. The number of rotatable bonds is 4. The summed E-state index contributed by atoms with van der Waals surface area (Å²) in [5, 5.41) is 2.28. The van der Waals surface area contributed by atoms with Crippen LogP contribution in [0.3, 0.4) is 0 Å². The quantitative estimate of drug-likeness (QED) is 0.237. The van der Waals surface area contributed by atoms with Crippen molar-refractivity contribution in [1.82, 2.24) is 24.5 Å². The highest BCUT2D eigenvalue weighted by Gasteiger charge is 2.17. The predicted molar refractivity (Wildman–Crippen MR) is 158 cm³/mol. The van der Waals surface area contributed by atoms with Crippen molar-refractivity contribution >= 4 is 32.9 Å². The average Bonchev–Trinajstić information content (AvgIpc) is 3.62. The highest BCUT2D eigenvalue weighted by Crippen LogP contribution is 2.35. The van der Waals surface area contributed by atoms with Crippen LogP contribution in [-0.2, 0) is 0 Å². The molecule has 188 valence electrons. The maximum atomic E-state index is 5.66.